The molecule has 1 aromatic carbocycles. The molecule has 6 heteroatoms. The van der Waals surface area contributed by atoms with Crippen LogP contribution >= 0.6 is 0 Å². The maximum atomic E-state index is 10.7. The smallest absolute Gasteiger partial charge is 0.353 e. The van der Waals surface area contributed by atoms with Crippen LogP contribution in [0, 0.1) is 10.1 Å². The molecular weight excluding hydrogens is 226 g/mol. The number of carbonyl (C=O) groups is 1. The van der Waals surface area contributed by atoms with Crippen molar-refractivity contribution < 1.29 is 19.6 Å². The van der Waals surface area contributed by atoms with Crippen LogP contribution in [0.1, 0.15) is 19.3 Å². The van der Waals surface area contributed by atoms with E-state index in [-0.39, 0.29) is 19.3 Å². The summed E-state index contributed by atoms with van der Waals surface area (Å²) in [6.45, 7) is 0. The Kier molecular flexibility index (Phi) is 4.93. The standard InChI is InChI=1S/C11H13NO5/c13-11(14)8-4-7-10(12(15)16)17-9-5-2-1-3-6-9/h1-3,5-6,10H,4,7-8H2,(H,13,14). The third-order valence-corrected chi connectivity index (χ3v) is 2.09. The van der Waals surface area contributed by atoms with Crippen LogP contribution in [0.15, 0.2) is 30.3 Å². The monoisotopic (exact) mass is 239 g/mol. The molecule has 0 bridgehead atoms. The molecule has 1 N–H and O–H groups in total. The Bertz CT molecular complexity index is 379. The van der Waals surface area contributed by atoms with Gasteiger partial charge in [-0.25, -0.2) is 0 Å². The molecule has 1 unspecified atom stereocenters. The topological polar surface area (TPSA) is 89.7 Å². The van der Waals surface area contributed by atoms with Gasteiger partial charge < -0.3 is 9.84 Å². The summed E-state index contributed by atoms with van der Waals surface area (Å²) >= 11 is 0. The largest absolute Gasteiger partial charge is 0.481 e. The number of carboxylic acids is 1. The Hall–Kier alpha value is -2.11. The molecule has 0 aliphatic rings. The Morgan fingerprint density at radius 3 is 2.59 bits per heavy atom. The van der Waals surface area contributed by atoms with Gasteiger partial charge in [0, 0.05) is 6.42 Å². The second kappa shape index (κ2) is 6.47. The van der Waals surface area contributed by atoms with E-state index in [1.165, 1.54) is 0 Å². The van der Waals surface area contributed by atoms with Crippen LogP contribution in [-0.4, -0.2) is 22.2 Å². The molecule has 0 saturated carbocycles. The molecule has 0 spiro atoms. The van der Waals surface area contributed by atoms with Crippen molar-refractivity contribution in [2.24, 2.45) is 0 Å². The molecule has 1 rings (SSSR count). The SMILES string of the molecule is O=C(O)CCCC(Oc1ccccc1)[N+](=O)[O-]. The van der Waals surface area contributed by atoms with Gasteiger partial charge in [-0.2, -0.15) is 0 Å². The maximum absolute atomic E-state index is 10.7. The average molecular weight is 239 g/mol. The highest BCUT2D eigenvalue weighted by Gasteiger charge is 2.21. The van der Waals surface area contributed by atoms with Gasteiger partial charge >= 0.3 is 12.2 Å². The van der Waals surface area contributed by atoms with Gasteiger partial charge in [-0.3, -0.25) is 14.9 Å². The molecule has 0 aromatic heterocycles. The first-order chi connectivity index (χ1) is 8.09. The molecule has 0 amide bonds. The summed E-state index contributed by atoms with van der Waals surface area (Å²) in [4.78, 5) is 20.5. The van der Waals surface area contributed by atoms with E-state index in [0.29, 0.717) is 5.75 Å². The van der Waals surface area contributed by atoms with Gasteiger partial charge in [-0.05, 0) is 18.6 Å². The molecule has 0 fully saturated rings. The van der Waals surface area contributed by atoms with Crippen molar-refractivity contribution in [1.29, 1.82) is 0 Å². The van der Waals surface area contributed by atoms with E-state index < -0.39 is 17.1 Å². The van der Waals surface area contributed by atoms with E-state index in [1.807, 2.05) is 0 Å². The quantitative estimate of drug-likeness (QED) is 0.446. The first kappa shape index (κ1) is 13.0. The van der Waals surface area contributed by atoms with Gasteiger partial charge in [0.1, 0.15) is 5.75 Å². The summed E-state index contributed by atoms with van der Waals surface area (Å²) < 4.78 is 5.17. The fraction of sp³-hybridized carbons (Fsp3) is 0.364. The van der Waals surface area contributed by atoms with Gasteiger partial charge in [0.15, 0.2) is 0 Å². The van der Waals surface area contributed by atoms with E-state index in [0.717, 1.165) is 0 Å². The molecule has 92 valence electrons. The van der Waals surface area contributed by atoms with Gasteiger partial charge in [0.25, 0.3) is 0 Å². The van der Waals surface area contributed by atoms with E-state index in [9.17, 15) is 14.9 Å². The van der Waals surface area contributed by atoms with Crippen molar-refractivity contribution in [2.45, 2.75) is 25.5 Å². The highest BCUT2D eigenvalue weighted by molar-refractivity contribution is 5.66. The lowest BCUT2D eigenvalue weighted by atomic mass is 10.2. The third-order valence-electron chi connectivity index (χ3n) is 2.09. The van der Waals surface area contributed by atoms with Crippen LogP contribution in [-0.2, 0) is 4.79 Å². The fourth-order valence-corrected chi connectivity index (χ4v) is 1.29. The molecule has 0 heterocycles. The van der Waals surface area contributed by atoms with Crippen molar-refractivity contribution in [3.05, 3.63) is 40.4 Å². The summed E-state index contributed by atoms with van der Waals surface area (Å²) in [5, 5.41) is 19.2. The van der Waals surface area contributed by atoms with E-state index >= 15 is 0 Å². The predicted octanol–water partition coefficient (Wildman–Crippen LogP) is 1.92. The van der Waals surface area contributed by atoms with Crippen molar-refractivity contribution >= 4 is 5.97 Å². The highest BCUT2D eigenvalue weighted by Crippen LogP contribution is 2.14. The molecule has 0 radical (unpaired) electrons. The first-order valence-corrected chi connectivity index (χ1v) is 5.16. The first-order valence-electron chi connectivity index (χ1n) is 5.16. The van der Waals surface area contributed by atoms with Gasteiger partial charge in [0.05, 0.1) is 11.3 Å². The van der Waals surface area contributed by atoms with Crippen LogP contribution in [0.2, 0.25) is 0 Å². The average Bonchev–Trinajstić information content (AvgIpc) is 2.28. The predicted molar refractivity (Wildman–Crippen MR) is 59.3 cm³/mol. The summed E-state index contributed by atoms with van der Waals surface area (Å²) in [5.41, 5.74) is 0. The molecule has 0 aliphatic carbocycles. The van der Waals surface area contributed by atoms with Crippen molar-refractivity contribution in [3.8, 4) is 5.75 Å². The van der Waals surface area contributed by atoms with Crippen molar-refractivity contribution in [1.82, 2.24) is 0 Å². The summed E-state index contributed by atoms with van der Waals surface area (Å²) in [6, 6.07) is 8.44. The lowest BCUT2D eigenvalue weighted by Gasteiger charge is -2.11. The number of nitrogens with zero attached hydrogens (tertiary/aromatic N) is 1. The van der Waals surface area contributed by atoms with Crippen molar-refractivity contribution in [2.75, 3.05) is 0 Å². The van der Waals surface area contributed by atoms with E-state index in [4.69, 9.17) is 9.84 Å². The number of nitro groups is 1. The lowest BCUT2D eigenvalue weighted by Crippen LogP contribution is -2.26. The number of para-hydroxylation sites is 1. The van der Waals surface area contributed by atoms with Gasteiger partial charge in [-0.1, -0.05) is 18.2 Å². The van der Waals surface area contributed by atoms with E-state index in [1.54, 1.807) is 30.3 Å². The number of hydrogen-bond acceptors (Lipinski definition) is 4. The second-order valence-corrected chi connectivity index (χ2v) is 3.46. The maximum Gasteiger partial charge on any atom is 0.353 e. The molecule has 1 aromatic rings. The molecule has 0 saturated heterocycles. The Morgan fingerprint density at radius 2 is 2.06 bits per heavy atom. The molecule has 6 nitrogen and oxygen atoms in total. The zero-order valence-electron chi connectivity index (χ0n) is 9.11. The molecule has 0 aliphatic heterocycles. The second-order valence-electron chi connectivity index (χ2n) is 3.46. The van der Waals surface area contributed by atoms with Crippen LogP contribution in [0.3, 0.4) is 0 Å². The highest BCUT2D eigenvalue weighted by atomic mass is 16.7. The Balaban J connectivity index is 2.49. The zero-order valence-corrected chi connectivity index (χ0v) is 9.11. The van der Waals surface area contributed by atoms with Gasteiger partial charge in [0.2, 0.25) is 0 Å². The summed E-state index contributed by atoms with van der Waals surface area (Å²) in [7, 11) is 0. The fourth-order valence-electron chi connectivity index (χ4n) is 1.29. The van der Waals surface area contributed by atoms with Crippen LogP contribution in [0.4, 0.5) is 0 Å². The summed E-state index contributed by atoms with van der Waals surface area (Å²) in [6.07, 6.45) is -0.999. The Morgan fingerprint density at radius 1 is 1.41 bits per heavy atom. The number of aliphatic carboxylic acids is 1. The normalized spacial score (nSPS) is 11.8. The number of hydrogen-bond donors (Lipinski definition) is 1. The summed E-state index contributed by atoms with van der Waals surface area (Å²) in [5.74, 6) is -0.559. The third kappa shape index (κ3) is 4.96. The van der Waals surface area contributed by atoms with Crippen molar-refractivity contribution in [3.63, 3.8) is 0 Å². The minimum Gasteiger partial charge on any atom is -0.481 e. The number of ether oxygens (including phenoxy) is 1. The molecular formula is C11H13NO5. The van der Waals surface area contributed by atoms with Crippen LogP contribution in [0.5, 0.6) is 5.75 Å². The Labute approximate surface area is 98.0 Å². The van der Waals surface area contributed by atoms with E-state index in [2.05, 4.69) is 0 Å². The van der Waals surface area contributed by atoms with Crippen LogP contribution in [0.25, 0.3) is 0 Å². The lowest BCUT2D eigenvalue weighted by molar-refractivity contribution is -0.563. The minimum atomic E-state index is -1.20. The molecule has 17 heavy (non-hydrogen) atoms. The number of carboxylic acid groups (broad SMARTS) is 1. The minimum absolute atomic E-state index is 0.0776. The number of benzene rings is 1. The van der Waals surface area contributed by atoms with Crippen LogP contribution < -0.4 is 4.74 Å². The zero-order chi connectivity index (χ0) is 12.7. The molecule has 1 atom stereocenters. The van der Waals surface area contributed by atoms with Gasteiger partial charge in [-0.15, -0.1) is 0 Å². The number of rotatable bonds is 7.